The molecule has 12 nitrogen and oxygen atoms in total. The van der Waals surface area contributed by atoms with Crippen LogP contribution in [-0.2, 0) is 25.6 Å². The fourth-order valence-corrected chi connectivity index (χ4v) is 5.38. The van der Waals surface area contributed by atoms with E-state index in [1.54, 1.807) is 19.5 Å². The summed E-state index contributed by atoms with van der Waals surface area (Å²) in [6.45, 7) is 22.6. The minimum absolute atomic E-state index is 0. The van der Waals surface area contributed by atoms with Crippen molar-refractivity contribution in [3.63, 3.8) is 0 Å². The second-order valence-corrected chi connectivity index (χ2v) is 18.8. The van der Waals surface area contributed by atoms with Crippen molar-refractivity contribution < 1.29 is 19.2 Å². The van der Waals surface area contributed by atoms with Crippen molar-refractivity contribution in [1.29, 1.82) is 0 Å². The lowest BCUT2D eigenvalue weighted by Crippen LogP contribution is -2.31. The Hall–Kier alpha value is -4.79. The number of nitrogens with zero attached hydrogens (tertiary/aromatic N) is 5. The molecule has 0 aliphatic carbocycles. The first-order chi connectivity index (χ1) is 26.1. The molecule has 4 rings (SSSR count). The van der Waals surface area contributed by atoms with Crippen LogP contribution in [0.15, 0.2) is 76.0 Å². The minimum Gasteiger partial charge on any atom is -0.375 e. The number of anilines is 2. The van der Waals surface area contributed by atoms with E-state index in [2.05, 4.69) is 24.3 Å². The van der Waals surface area contributed by atoms with Gasteiger partial charge in [-0.15, -0.1) is 11.3 Å². The first-order valence-electron chi connectivity index (χ1n) is 18.4. The average molecular weight is 835 g/mol. The number of hydrogen-bond acceptors (Lipinski definition) is 14. The van der Waals surface area contributed by atoms with Gasteiger partial charge >= 0.3 is 0 Å². The van der Waals surface area contributed by atoms with E-state index >= 15 is 0 Å². The number of rotatable bonds is 8. The van der Waals surface area contributed by atoms with Crippen LogP contribution < -0.4 is 17.2 Å². The number of nitrogen functional groups attached to an aromatic ring is 2. The van der Waals surface area contributed by atoms with Gasteiger partial charge in [-0.05, 0) is 11.1 Å². The van der Waals surface area contributed by atoms with Crippen molar-refractivity contribution in [1.82, 2.24) is 14.3 Å². The predicted octanol–water partition coefficient (Wildman–Crippen LogP) is 8.70. The van der Waals surface area contributed by atoms with Crippen molar-refractivity contribution in [2.45, 2.75) is 103 Å². The van der Waals surface area contributed by atoms with Gasteiger partial charge in [0.25, 0.3) is 0 Å². The number of carbonyl (C=O) groups is 4. The van der Waals surface area contributed by atoms with Gasteiger partial charge in [-0.25, -0.2) is 4.98 Å². The number of thiazole rings is 1. The van der Waals surface area contributed by atoms with E-state index in [1.165, 1.54) is 11.3 Å². The Morgan fingerprint density at radius 1 is 0.655 bits per heavy atom. The number of ketones is 4. The maximum Gasteiger partial charge on any atom is 0.200 e. The summed E-state index contributed by atoms with van der Waals surface area (Å²) >= 11 is 2.37. The van der Waals surface area contributed by atoms with Crippen LogP contribution in [0.4, 0.5) is 10.3 Å². The number of carbonyl (C=O) groups excluding carboxylic acids is 4. The van der Waals surface area contributed by atoms with Gasteiger partial charge in [0.05, 0.1) is 6.04 Å². The zero-order valence-corrected chi connectivity index (χ0v) is 37.7. The zero-order chi connectivity index (χ0) is 43.9. The molecule has 1 unspecified atom stereocenters. The Balaban J connectivity index is 0.000000744. The summed E-state index contributed by atoms with van der Waals surface area (Å²) in [5.41, 5.74) is 18.5. The third-order valence-electron chi connectivity index (χ3n) is 7.88. The molecule has 0 amide bonds. The first kappa shape index (κ1) is 53.2. The summed E-state index contributed by atoms with van der Waals surface area (Å²) in [5, 5.41) is 2.54. The molecule has 2 aromatic heterocycles. The Morgan fingerprint density at radius 2 is 1.12 bits per heavy atom. The summed E-state index contributed by atoms with van der Waals surface area (Å²) in [4.78, 5) is 63.4. The van der Waals surface area contributed by atoms with Gasteiger partial charge in [-0.2, -0.15) is 9.36 Å². The van der Waals surface area contributed by atoms with Crippen molar-refractivity contribution in [2.24, 2.45) is 37.4 Å². The van der Waals surface area contributed by atoms with Crippen LogP contribution in [0.3, 0.4) is 0 Å². The molecule has 318 valence electrons. The molecule has 4 aromatic rings. The summed E-state index contributed by atoms with van der Waals surface area (Å²) in [5.74, 6) is 0.584. The predicted molar refractivity (Wildman–Crippen MR) is 244 cm³/mol. The topological polar surface area (TPSA) is 210 Å². The van der Waals surface area contributed by atoms with Gasteiger partial charge in [0, 0.05) is 59.1 Å². The van der Waals surface area contributed by atoms with Gasteiger partial charge in [0.2, 0.25) is 0 Å². The lowest BCUT2D eigenvalue weighted by molar-refractivity contribution is -0.128. The summed E-state index contributed by atoms with van der Waals surface area (Å²) < 4.78 is 3.98. The summed E-state index contributed by atoms with van der Waals surface area (Å²) in [6.07, 6.45) is 0.546. The Bertz CT molecular complexity index is 1900. The Labute approximate surface area is 354 Å². The van der Waals surface area contributed by atoms with Crippen LogP contribution in [0.1, 0.15) is 119 Å². The van der Waals surface area contributed by atoms with Crippen LogP contribution in [0.25, 0.3) is 0 Å². The number of aliphatic imine (C=N–C) groups is 2. The molecule has 1 atom stereocenters. The quantitative estimate of drug-likeness (QED) is 0.144. The highest BCUT2D eigenvalue weighted by Crippen LogP contribution is 2.24. The minimum atomic E-state index is -0.504. The van der Waals surface area contributed by atoms with E-state index in [0.717, 1.165) is 22.7 Å². The molecule has 58 heavy (non-hydrogen) atoms. The fraction of sp³-hybridized carbons (Fsp3) is 0.477. The van der Waals surface area contributed by atoms with E-state index < -0.39 is 16.9 Å². The van der Waals surface area contributed by atoms with E-state index in [9.17, 15) is 19.2 Å². The van der Waals surface area contributed by atoms with E-state index in [-0.39, 0.29) is 41.3 Å². The molecule has 0 saturated carbocycles. The van der Waals surface area contributed by atoms with Crippen LogP contribution in [-0.4, -0.2) is 63.0 Å². The van der Waals surface area contributed by atoms with Crippen molar-refractivity contribution in [3.05, 3.63) is 88.7 Å². The number of aromatic nitrogens is 3. The molecular weight excluding hydrogens is 769 g/mol. The van der Waals surface area contributed by atoms with E-state index in [1.807, 2.05) is 144 Å². The molecule has 0 fully saturated rings. The number of benzene rings is 2. The molecule has 0 spiro atoms. The van der Waals surface area contributed by atoms with Crippen LogP contribution in [0.5, 0.6) is 0 Å². The molecule has 0 radical (unpaired) electrons. The number of nitrogens with two attached hydrogens (primary N) is 3. The SMILES string of the molecule is C.CC(C)(C)C(=O)C(N)c1ccccc1.CC(C)(C)C(=O)Cc1ccccc1.CN=C(C(=O)C(C)(C)C)c1csc(N)n1.CN=C(C(=O)C(C)(C)C)c1nsc(N)n1. The third-order valence-corrected chi connectivity index (χ3v) is 9.10. The van der Waals surface area contributed by atoms with Gasteiger partial charge in [-0.3, -0.25) is 29.2 Å². The van der Waals surface area contributed by atoms with E-state index in [4.69, 9.17) is 17.2 Å². The maximum absolute atomic E-state index is 12.0. The summed E-state index contributed by atoms with van der Waals surface area (Å²) in [7, 11) is 3.14. The lowest BCUT2D eigenvalue weighted by atomic mass is 9.84. The molecule has 6 N–H and O–H groups in total. The van der Waals surface area contributed by atoms with Crippen molar-refractivity contribution in [3.8, 4) is 0 Å². The molecule has 0 aliphatic heterocycles. The first-order valence-corrected chi connectivity index (χ1v) is 20.1. The van der Waals surface area contributed by atoms with Crippen LogP contribution in [0, 0.1) is 21.7 Å². The normalized spacial score (nSPS) is 12.5. The zero-order valence-electron chi connectivity index (χ0n) is 36.1. The van der Waals surface area contributed by atoms with Gasteiger partial charge in [-0.1, -0.05) is 151 Å². The molecular formula is C44H66N8O4S2. The second-order valence-electron chi connectivity index (χ2n) is 17.2. The highest BCUT2D eigenvalue weighted by Gasteiger charge is 2.30. The van der Waals surface area contributed by atoms with Crippen LogP contribution >= 0.6 is 22.9 Å². The molecule has 0 saturated heterocycles. The highest BCUT2D eigenvalue weighted by molar-refractivity contribution is 7.13. The third kappa shape index (κ3) is 17.8. The Kier molecular flexibility index (Phi) is 21.1. The lowest BCUT2D eigenvalue weighted by Gasteiger charge is -2.21. The largest absolute Gasteiger partial charge is 0.375 e. The molecule has 14 heteroatoms. The standard InChI is InChI=1S/C12H17NO.C12H16O.C10H15N3OS.C9H14N4OS.CH4/c1-12(2,3)11(14)10(13)9-7-5-4-6-8-9;1-12(2,3)11(13)9-10-7-5-4-6-8-10;1-10(2,3)8(14)7(12-4)6-5-15-9(11)13-6;1-9(2,3)6(14)5(11-4)7-12-8(10)15-13-7;/h4-8,10H,13H2,1-3H3;4-8H,9H2,1-3H3;5H,1-4H3,(H2,11,13);1-4H3,(H2,10,12,13);1H4. The average Bonchev–Trinajstić information content (AvgIpc) is 3.76. The maximum atomic E-state index is 12.0. The molecule has 0 bridgehead atoms. The van der Waals surface area contributed by atoms with Gasteiger partial charge < -0.3 is 17.2 Å². The van der Waals surface area contributed by atoms with Gasteiger partial charge in [0.15, 0.2) is 33.4 Å². The van der Waals surface area contributed by atoms with Crippen molar-refractivity contribution >= 4 is 67.7 Å². The highest BCUT2D eigenvalue weighted by atomic mass is 32.1. The molecule has 0 aliphatic rings. The smallest absolute Gasteiger partial charge is 0.200 e. The monoisotopic (exact) mass is 834 g/mol. The second kappa shape index (κ2) is 23.0. The van der Waals surface area contributed by atoms with E-state index in [0.29, 0.717) is 39.7 Å². The molecule has 2 aromatic carbocycles. The van der Waals surface area contributed by atoms with Crippen molar-refractivity contribution in [2.75, 3.05) is 25.6 Å². The summed E-state index contributed by atoms with van der Waals surface area (Å²) in [6, 6.07) is 18.8. The number of hydrogen-bond donors (Lipinski definition) is 3. The van der Waals surface area contributed by atoms with Gasteiger partial charge in [0.1, 0.15) is 22.9 Å². The fourth-order valence-electron chi connectivity index (χ4n) is 4.40. The molecule has 2 heterocycles. The number of Topliss-reactive ketones (excluding diaryl/α,β-unsaturated/α-hetero) is 4. The van der Waals surface area contributed by atoms with Crippen LogP contribution in [0.2, 0.25) is 0 Å². The Morgan fingerprint density at radius 3 is 1.48 bits per heavy atom.